The molecule has 6 heterocycles. The Kier molecular flexibility index (Phi) is 24.8. The first-order valence-electron chi connectivity index (χ1n) is 33.1. The summed E-state index contributed by atoms with van der Waals surface area (Å²) in [6, 6.07) is 2.51. The largest absolute Gasteiger partial charge is 0.510 e. The lowest BCUT2D eigenvalue weighted by Gasteiger charge is -2.38. The van der Waals surface area contributed by atoms with Gasteiger partial charge in [0.05, 0.1) is 23.6 Å². The lowest BCUT2D eigenvalue weighted by atomic mass is 9.82. The van der Waals surface area contributed by atoms with Crippen LogP contribution in [0, 0.1) is 23.7 Å². The first kappa shape index (κ1) is 74.4. The Morgan fingerprint density at radius 2 is 1.51 bits per heavy atom. The van der Waals surface area contributed by atoms with Crippen molar-refractivity contribution in [1.82, 2.24) is 40.9 Å². The second-order valence-corrected chi connectivity index (χ2v) is 29.0. The predicted molar refractivity (Wildman–Crippen MR) is 347 cm³/mol. The van der Waals surface area contributed by atoms with E-state index in [0.717, 1.165) is 65.7 Å². The maximum Gasteiger partial charge on any atom is 0.510 e. The molecule has 1 unspecified atom stereocenters. The number of carboxylic acid groups (broad SMARTS) is 1. The molecule has 6 atom stereocenters. The minimum absolute atomic E-state index is 0.0197. The van der Waals surface area contributed by atoms with Crippen molar-refractivity contribution in [1.29, 1.82) is 0 Å². The van der Waals surface area contributed by atoms with Crippen molar-refractivity contribution in [3.63, 3.8) is 0 Å². The number of rotatable bonds is 24. The molecule has 29 nitrogen and oxygen atoms in total. The highest BCUT2D eigenvalue weighted by Crippen LogP contribution is 2.67. The number of nitrogens with one attached hydrogen (secondary N) is 4. The molecule has 0 spiro atoms. The molecular formula is C66H82F2N9O20PS. The zero-order valence-electron chi connectivity index (χ0n) is 55.3. The third-order valence-electron chi connectivity index (χ3n) is 18.4. The second-order valence-electron chi connectivity index (χ2n) is 25.8. The van der Waals surface area contributed by atoms with Crippen LogP contribution < -0.4 is 27.0 Å². The first-order valence-corrected chi connectivity index (χ1v) is 35.5. The van der Waals surface area contributed by atoms with Gasteiger partial charge in [0, 0.05) is 72.9 Å². The number of halogens is 2. The Morgan fingerprint density at radius 1 is 0.828 bits per heavy atom. The van der Waals surface area contributed by atoms with E-state index in [9.17, 15) is 67.2 Å². The summed E-state index contributed by atoms with van der Waals surface area (Å²) in [5.74, 6) is 0.871. The van der Waals surface area contributed by atoms with E-state index in [1.807, 2.05) is 6.07 Å². The summed E-state index contributed by atoms with van der Waals surface area (Å²) in [7, 11) is -5.82. The quantitative estimate of drug-likeness (QED) is 0.0178. The smallest absolute Gasteiger partial charge is 0.465 e. The number of nitrogens with zero attached hydrogens (tertiary/aromatic N) is 4. The lowest BCUT2D eigenvalue weighted by molar-refractivity contribution is -0.144. The molecule has 99 heavy (non-hydrogen) atoms. The van der Waals surface area contributed by atoms with Gasteiger partial charge in [0.2, 0.25) is 54.9 Å². The van der Waals surface area contributed by atoms with Crippen molar-refractivity contribution in [3.8, 4) is 11.8 Å². The zero-order valence-corrected chi connectivity index (χ0v) is 57.0. The van der Waals surface area contributed by atoms with E-state index in [1.54, 1.807) is 17.0 Å². The third-order valence-corrected chi connectivity index (χ3v) is 21.3. The van der Waals surface area contributed by atoms with Crippen LogP contribution in [0.15, 0.2) is 42.5 Å². The number of carbonyl (C=O) groups is 12. The van der Waals surface area contributed by atoms with Crippen LogP contribution in [0.3, 0.4) is 0 Å². The fraction of sp³-hybridized carbons (Fsp3) is 0.576. The van der Waals surface area contributed by atoms with Crippen molar-refractivity contribution in [2.24, 2.45) is 17.6 Å². The number of fused-ring (bicyclic) bond motifs is 3. The van der Waals surface area contributed by atoms with E-state index < -0.39 is 141 Å². The van der Waals surface area contributed by atoms with Gasteiger partial charge in [0.25, 0.3) is 11.8 Å². The molecule has 33 heteroatoms. The van der Waals surface area contributed by atoms with Gasteiger partial charge in [-0.05, 0) is 145 Å². The van der Waals surface area contributed by atoms with Crippen LogP contribution in [0.1, 0.15) is 167 Å². The molecule has 0 bridgehead atoms. The normalized spacial score (nSPS) is 20.7. The lowest BCUT2D eigenvalue weighted by Crippen LogP contribution is -2.62. The fourth-order valence-electron chi connectivity index (χ4n) is 13.3. The van der Waals surface area contributed by atoms with Crippen molar-refractivity contribution < 1.29 is 104 Å². The van der Waals surface area contributed by atoms with Gasteiger partial charge in [-0.15, -0.1) is 11.3 Å². The van der Waals surface area contributed by atoms with Gasteiger partial charge in [0.1, 0.15) is 30.2 Å². The van der Waals surface area contributed by atoms with Crippen molar-refractivity contribution in [2.75, 3.05) is 39.8 Å². The molecule has 1 aromatic heterocycles. The van der Waals surface area contributed by atoms with Crippen molar-refractivity contribution >= 4 is 101 Å². The molecule has 1 aliphatic carbocycles. The molecule has 1 saturated carbocycles. The number of alkyl halides is 2. The number of benzene rings is 2. The number of thiophene rings is 1. The van der Waals surface area contributed by atoms with Gasteiger partial charge in [-0.25, -0.2) is 14.4 Å². The number of primary amides is 1. The van der Waals surface area contributed by atoms with Crippen LogP contribution in [0.4, 0.5) is 23.2 Å². The van der Waals surface area contributed by atoms with E-state index in [1.165, 1.54) is 43.6 Å². The molecule has 2 aromatic carbocycles. The molecule has 10 amide bonds. The average Bonchev–Trinajstić information content (AvgIpc) is 1.64. The number of carbonyl (C=O) groups excluding carboxylic acids is 11. The first-order chi connectivity index (χ1) is 47.1. The summed E-state index contributed by atoms with van der Waals surface area (Å²) in [5, 5.41) is 20.8. The molecule has 5 fully saturated rings. The Balaban J connectivity index is 0.847. The van der Waals surface area contributed by atoms with Crippen LogP contribution in [0.2, 0.25) is 0 Å². The molecular weight excluding hydrogens is 1340 g/mol. The maximum absolute atomic E-state index is 16.5. The highest BCUT2D eigenvalue weighted by molar-refractivity contribution is 7.54. The molecule has 3 aromatic rings. The molecule has 7 N–H and O–H groups in total. The number of imide groups is 1. The third kappa shape index (κ3) is 18.4. The van der Waals surface area contributed by atoms with Gasteiger partial charge in [-0.2, -0.15) is 8.78 Å². The predicted octanol–water partition coefficient (Wildman–Crippen LogP) is 6.70. The topological polar surface area (TPSA) is 385 Å². The Labute approximate surface area is 573 Å². The van der Waals surface area contributed by atoms with E-state index >= 15 is 8.78 Å². The van der Waals surface area contributed by atoms with Crippen LogP contribution in [0.25, 0.3) is 10.1 Å². The highest BCUT2D eigenvalue weighted by Gasteiger charge is 2.56. The molecule has 536 valence electrons. The molecule has 4 saturated heterocycles. The van der Waals surface area contributed by atoms with Crippen LogP contribution >= 0.6 is 18.9 Å². The molecule has 0 radical (unpaired) electrons. The number of piperidine rings is 2. The number of hydrogen-bond acceptors (Lipinski definition) is 20. The summed E-state index contributed by atoms with van der Waals surface area (Å²) in [6.45, 7) is 3.45. The second kappa shape index (κ2) is 32.9. The summed E-state index contributed by atoms with van der Waals surface area (Å²) in [6.07, 6.45) is 1.04. The Bertz CT molecular complexity index is 3680. The van der Waals surface area contributed by atoms with Gasteiger partial charge in [0.15, 0.2) is 0 Å². The summed E-state index contributed by atoms with van der Waals surface area (Å²) in [4.78, 5) is 165. The zero-order chi connectivity index (χ0) is 71.5. The van der Waals surface area contributed by atoms with E-state index in [0.29, 0.717) is 56.3 Å². The molecule has 9 rings (SSSR count). The average molecular weight is 1420 g/mol. The van der Waals surface area contributed by atoms with Crippen molar-refractivity contribution in [3.05, 3.63) is 69.6 Å². The summed E-state index contributed by atoms with van der Waals surface area (Å²) in [5.41, 5.74) is 1.90. The number of ether oxygens (including phenoxy) is 4. The van der Waals surface area contributed by atoms with Gasteiger partial charge in [-0.1, -0.05) is 43.2 Å². The van der Waals surface area contributed by atoms with Crippen molar-refractivity contribution in [2.45, 2.75) is 191 Å². The highest BCUT2D eigenvalue weighted by atomic mass is 32.1. The number of nitrogens with two attached hydrogens (primary N) is 1. The van der Waals surface area contributed by atoms with Crippen LogP contribution in [-0.4, -0.2) is 184 Å². The standard InChI is InChI=1S/C66H82F2N9O20PS/c1-37(2)96-64(89)92-35-94-98(91,95-36-93-65(90)97-38(3)4)66(67,68)43-17-22-51-42(31-43)32-52(99-51)59(83)71-48-34-75(63(87)88)30-27-44-18-20-50(77(44)61(48)85)58(82)70-47(19-23-53(69)78)56(80)73-55(41-13-6-5-7-14-41)62(86)74-28-25-39(26-29-74)11-8-9-12-40-15-10-16-45-46(40)33-76(60(45)84)49-21-24-54(79)72-57(49)81/h10,15-17,22,31-32,37-39,41,44,47-50,55H,5-8,11,13-14,18-21,23-30,33-36H2,1-4H3,(H2,69,78)(H,70,82)(H,71,83)(H,73,80)(H,87,88)(H,72,79,81)/t44-,47+,48+,49?,50+,55+/m1/s1. The summed E-state index contributed by atoms with van der Waals surface area (Å²) < 4.78 is 75.8. The fourth-order valence-corrected chi connectivity index (χ4v) is 15.5. The molecule has 5 aliphatic heterocycles. The van der Waals surface area contributed by atoms with Gasteiger partial charge < -0.3 is 65.3 Å². The van der Waals surface area contributed by atoms with Crippen LogP contribution in [0.5, 0.6) is 0 Å². The summed E-state index contributed by atoms with van der Waals surface area (Å²) >= 11 is 0.785. The number of amides is 10. The monoisotopic (exact) mass is 1420 g/mol. The molecule has 6 aliphatic rings. The van der Waals surface area contributed by atoms with E-state index in [-0.39, 0.29) is 103 Å². The minimum atomic E-state index is -5.82. The SMILES string of the molecule is CC(C)OC(=O)OCOP(=O)(OCOC(=O)OC(C)C)C(F)(F)c1ccc2sc(C(=O)N[C@H]3CN(C(=O)O)CC[C@H]4CC[C@@H](C(=O)N[C@@H](CCC(N)=O)C(=O)N[C@H](C(=O)N5CCC(CCC#Cc6cccc7c6CN(C6CCC(=O)NC6=O)C7=O)CC5)C5CCCCC5)N4C3=O)cc2c1. The van der Waals surface area contributed by atoms with Gasteiger partial charge >= 0.3 is 31.7 Å². The van der Waals surface area contributed by atoms with Gasteiger partial charge in [-0.3, -0.25) is 62.1 Å². The van der Waals surface area contributed by atoms with Crippen LogP contribution in [-0.2, 0) is 78.3 Å². The number of hydrogen-bond donors (Lipinski definition) is 6. The minimum Gasteiger partial charge on any atom is -0.465 e. The van der Waals surface area contributed by atoms with E-state index in [4.69, 9.17) is 24.3 Å². The Hall–Kier alpha value is -8.79. The Morgan fingerprint density at radius 3 is 2.15 bits per heavy atom. The van der Waals surface area contributed by atoms with E-state index in [2.05, 4.69) is 42.6 Å². The maximum atomic E-state index is 16.5. The number of likely N-dealkylation sites (tertiary alicyclic amines) is 1.